The van der Waals surface area contributed by atoms with Gasteiger partial charge in [-0.1, -0.05) is 45.4 Å². The van der Waals surface area contributed by atoms with Crippen LogP contribution >= 0.6 is 0 Å². The van der Waals surface area contributed by atoms with Crippen LogP contribution in [-0.4, -0.2) is 37.0 Å². The molecule has 29 heavy (non-hydrogen) atoms. The minimum atomic E-state index is -0.907. The van der Waals surface area contributed by atoms with Crippen LogP contribution in [0.15, 0.2) is 30.5 Å². The van der Waals surface area contributed by atoms with E-state index >= 15 is 0 Å². The average Bonchev–Trinajstić information content (AvgIpc) is 3.07. The van der Waals surface area contributed by atoms with Gasteiger partial charge >= 0.3 is 12.1 Å². The summed E-state index contributed by atoms with van der Waals surface area (Å²) in [4.78, 5) is 25.3. The highest BCUT2D eigenvalue weighted by Gasteiger charge is 2.36. The van der Waals surface area contributed by atoms with E-state index in [9.17, 15) is 9.59 Å². The first-order valence-corrected chi connectivity index (χ1v) is 10.3. The Morgan fingerprint density at radius 1 is 1.14 bits per heavy atom. The summed E-state index contributed by atoms with van der Waals surface area (Å²) in [6, 6.07) is 7.37. The fraction of sp³-hybridized carbons (Fsp3) is 0.565. The molecule has 1 aliphatic rings. The second kappa shape index (κ2) is 8.99. The predicted molar refractivity (Wildman–Crippen MR) is 111 cm³/mol. The Kier molecular flexibility index (Phi) is 6.63. The third kappa shape index (κ3) is 4.32. The number of esters is 1. The first-order chi connectivity index (χ1) is 13.9. The zero-order valence-corrected chi connectivity index (χ0v) is 17.9. The fourth-order valence-corrected chi connectivity index (χ4v) is 4.48. The molecular formula is C23H31NO5. The lowest BCUT2D eigenvalue weighted by atomic mass is 9.75. The van der Waals surface area contributed by atoms with Crippen molar-refractivity contribution in [3.63, 3.8) is 0 Å². The molecule has 6 heteroatoms. The second-order valence-corrected chi connectivity index (χ2v) is 8.36. The maximum atomic E-state index is 13.1. The molecule has 0 spiro atoms. The van der Waals surface area contributed by atoms with Gasteiger partial charge in [-0.15, -0.1) is 0 Å². The summed E-state index contributed by atoms with van der Waals surface area (Å²) >= 11 is 0. The largest absolute Gasteiger partial charge is 0.460 e. The Morgan fingerprint density at radius 3 is 2.52 bits per heavy atom. The lowest BCUT2D eigenvalue weighted by Crippen LogP contribution is -2.37. The maximum Gasteiger partial charge on any atom is 0.418 e. The maximum absolute atomic E-state index is 13.1. The number of aromatic nitrogens is 1. The molecule has 0 amide bonds. The molecule has 4 atom stereocenters. The minimum absolute atomic E-state index is 0.113. The number of hydrogen-bond donors (Lipinski definition) is 0. The fourth-order valence-electron chi connectivity index (χ4n) is 4.48. The Labute approximate surface area is 172 Å². The molecule has 1 fully saturated rings. The van der Waals surface area contributed by atoms with Crippen molar-refractivity contribution in [1.29, 1.82) is 0 Å². The molecule has 0 aliphatic heterocycles. The van der Waals surface area contributed by atoms with Crippen LogP contribution in [0.1, 0.15) is 51.7 Å². The quantitative estimate of drug-likeness (QED) is 0.664. The summed E-state index contributed by atoms with van der Waals surface area (Å²) in [6.07, 6.45) is 3.17. The van der Waals surface area contributed by atoms with Crippen molar-refractivity contribution >= 4 is 23.0 Å². The van der Waals surface area contributed by atoms with Crippen molar-refractivity contribution < 1.29 is 23.8 Å². The van der Waals surface area contributed by atoms with Crippen LogP contribution < -0.4 is 0 Å². The predicted octanol–water partition coefficient (Wildman–Crippen LogP) is 4.95. The Bertz CT molecular complexity index is 871. The SMILES string of the molecule is COC(=O)n1cc([C@H](OC)C(=O)O[C@@H]2C[C@H](C)CC[C@H]2C(C)C)c2ccccc21. The van der Waals surface area contributed by atoms with Crippen molar-refractivity contribution in [2.75, 3.05) is 14.2 Å². The van der Waals surface area contributed by atoms with E-state index in [1.54, 1.807) is 6.20 Å². The highest BCUT2D eigenvalue weighted by atomic mass is 16.6. The number of carbonyl (C=O) groups is 2. The van der Waals surface area contributed by atoms with Crippen molar-refractivity contribution in [2.45, 2.75) is 52.2 Å². The summed E-state index contributed by atoms with van der Waals surface area (Å²) in [6.45, 7) is 6.56. The van der Waals surface area contributed by atoms with Gasteiger partial charge in [-0.2, -0.15) is 0 Å². The van der Waals surface area contributed by atoms with E-state index in [4.69, 9.17) is 14.2 Å². The van der Waals surface area contributed by atoms with Gasteiger partial charge in [-0.25, -0.2) is 9.59 Å². The van der Waals surface area contributed by atoms with E-state index in [2.05, 4.69) is 20.8 Å². The zero-order valence-electron chi connectivity index (χ0n) is 17.9. The van der Waals surface area contributed by atoms with Crippen LogP contribution in [0.2, 0.25) is 0 Å². The Balaban J connectivity index is 1.91. The molecule has 0 saturated heterocycles. The molecule has 3 rings (SSSR count). The highest BCUT2D eigenvalue weighted by molar-refractivity contribution is 5.95. The number of methoxy groups -OCH3 is 2. The number of carbonyl (C=O) groups excluding carboxylic acids is 2. The van der Waals surface area contributed by atoms with Crippen molar-refractivity contribution in [3.05, 3.63) is 36.0 Å². The number of hydrogen-bond acceptors (Lipinski definition) is 5. The van der Waals surface area contributed by atoms with Gasteiger partial charge in [0.15, 0.2) is 6.10 Å². The number of nitrogens with zero attached hydrogens (tertiary/aromatic N) is 1. The summed E-state index contributed by atoms with van der Waals surface area (Å²) in [5.74, 6) is 0.918. The monoisotopic (exact) mass is 401 g/mol. The summed E-state index contributed by atoms with van der Waals surface area (Å²) in [5.41, 5.74) is 1.26. The van der Waals surface area contributed by atoms with Crippen LogP contribution in [0.25, 0.3) is 10.9 Å². The first-order valence-electron chi connectivity index (χ1n) is 10.3. The molecule has 0 bridgehead atoms. The molecule has 158 valence electrons. The van der Waals surface area contributed by atoms with Gasteiger partial charge in [0, 0.05) is 24.3 Å². The normalized spacial score (nSPS) is 23.2. The topological polar surface area (TPSA) is 66.8 Å². The number of fused-ring (bicyclic) bond motifs is 1. The minimum Gasteiger partial charge on any atom is -0.460 e. The molecule has 0 N–H and O–H groups in total. The van der Waals surface area contributed by atoms with E-state index in [0.717, 1.165) is 24.6 Å². The van der Waals surface area contributed by atoms with Crippen LogP contribution in [-0.2, 0) is 19.0 Å². The molecule has 0 unspecified atom stereocenters. The van der Waals surface area contributed by atoms with Crippen LogP contribution in [0.3, 0.4) is 0 Å². The van der Waals surface area contributed by atoms with E-state index in [0.29, 0.717) is 28.8 Å². The lowest BCUT2D eigenvalue weighted by Gasteiger charge is -2.37. The molecule has 1 aromatic carbocycles. The third-order valence-corrected chi connectivity index (χ3v) is 6.08. The van der Waals surface area contributed by atoms with Gasteiger partial charge in [-0.05, 0) is 36.7 Å². The average molecular weight is 402 g/mol. The van der Waals surface area contributed by atoms with E-state index < -0.39 is 18.2 Å². The van der Waals surface area contributed by atoms with Gasteiger partial charge in [0.1, 0.15) is 6.10 Å². The number of benzene rings is 1. The summed E-state index contributed by atoms with van der Waals surface area (Å²) in [7, 11) is 2.81. The molecule has 2 aromatic rings. The lowest BCUT2D eigenvalue weighted by molar-refractivity contribution is -0.168. The Hall–Kier alpha value is -2.34. The third-order valence-electron chi connectivity index (χ3n) is 6.08. The number of para-hydroxylation sites is 1. The molecule has 1 heterocycles. The molecule has 0 radical (unpaired) electrons. The molecular weight excluding hydrogens is 370 g/mol. The number of rotatable bonds is 5. The summed E-state index contributed by atoms with van der Waals surface area (Å²) < 4.78 is 17.8. The molecule has 1 aliphatic carbocycles. The van der Waals surface area contributed by atoms with Gasteiger partial charge in [-0.3, -0.25) is 4.57 Å². The van der Waals surface area contributed by atoms with Crippen molar-refractivity contribution in [2.24, 2.45) is 17.8 Å². The molecule has 1 saturated carbocycles. The highest BCUT2D eigenvalue weighted by Crippen LogP contribution is 2.37. The van der Waals surface area contributed by atoms with Gasteiger partial charge in [0.05, 0.1) is 12.6 Å². The summed E-state index contributed by atoms with van der Waals surface area (Å²) in [5, 5.41) is 0.763. The Morgan fingerprint density at radius 2 is 1.86 bits per heavy atom. The first kappa shape index (κ1) is 21.4. The molecule has 6 nitrogen and oxygen atoms in total. The van der Waals surface area contributed by atoms with Gasteiger partial charge < -0.3 is 14.2 Å². The standard InChI is InChI=1S/C23H31NO5/c1-14(2)16-11-10-15(3)12-20(16)29-22(25)21(27-4)18-13-24(23(26)28-5)19-9-7-6-8-17(18)19/h6-9,13-16,20-21H,10-12H2,1-5H3/t15-,16+,20-,21+/m1/s1. The van der Waals surface area contributed by atoms with Gasteiger partial charge in [0.25, 0.3) is 0 Å². The van der Waals surface area contributed by atoms with E-state index in [1.807, 2.05) is 24.3 Å². The van der Waals surface area contributed by atoms with Crippen LogP contribution in [0.4, 0.5) is 4.79 Å². The second-order valence-electron chi connectivity index (χ2n) is 8.36. The smallest absolute Gasteiger partial charge is 0.418 e. The molecule has 1 aromatic heterocycles. The van der Waals surface area contributed by atoms with Crippen molar-refractivity contribution in [1.82, 2.24) is 4.57 Å². The number of ether oxygens (including phenoxy) is 3. The van der Waals surface area contributed by atoms with Crippen LogP contribution in [0.5, 0.6) is 0 Å². The van der Waals surface area contributed by atoms with E-state index in [1.165, 1.54) is 18.8 Å². The van der Waals surface area contributed by atoms with Gasteiger partial charge in [0.2, 0.25) is 0 Å². The van der Waals surface area contributed by atoms with Crippen LogP contribution in [0, 0.1) is 17.8 Å². The zero-order chi connectivity index (χ0) is 21.1. The van der Waals surface area contributed by atoms with Crippen molar-refractivity contribution in [3.8, 4) is 0 Å². The van der Waals surface area contributed by atoms with E-state index in [-0.39, 0.29) is 6.10 Å².